The molecule has 1 aromatic heterocycles. The van der Waals surface area contributed by atoms with Gasteiger partial charge >= 0.3 is 5.97 Å². The molecule has 0 atom stereocenters. The normalized spacial score (nSPS) is 14.4. The van der Waals surface area contributed by atoms with Crippen molar-refractivity contribution in [2.45, 2.75) is 19.3 Å². The topological polar surface area (TPSA) is 91.5 Å². The van der Waals surface area contributed by atoms with Crippen molar-refractivity contribution in [2.75, 3.05) is 13.7 Å². The fourth-order valence-corrected chi connectivity index (χ4v) is 3.82. The Hall–Kier alpha value is -3.67. The van der Waals surface area contributed by atoms with Crippen molar-refractivity contribution >= 4 is 34.4 Å². The summed E-state index contributed by atoms with van der Waals surface area (Å²) in [4.78, 5) is 28.9. The highest BCUT2D eigenvalue weighted by atomic mass is 16.5. The van der Waals surface area contributed by atoms with E-state index in [-0.39, 0.29) is 0 Å². The molecule has 0 saturated heterocycles. The summed E-state index contributed by atoms with van der Waals surface area (Å²) < 4.78 is 10.4. The molecule has 1 aliphatic rings. The molecule has 30 heavy (non-hydrogen) atoms. The van der Waals surface area contributed by atoms with Crippen LogP contribution in [0.5, 0.6) is 5.75 Å². The molecule has 6 nitrogen and oxygen atoms in total. The number of allylic oxidation sites excluding steroid dienone is 1. The Kier molecular flexibility index (Phi) is 5.48. The van der Waals surface area contributed by atoms with Gasteiger partial charge in [0.05, 0.1) is 23.9 Å². The summed E-state index contributed by atoms with van der Waals surface area (Å²) in [6, 6.07) is 15.3. The first kappa shape index (κ1) is 19.6. The van der Waals surface area contributed by atoms with Gasteiger partial charge in [0, 0.05) is 5.39 Å². The van der Waals surface area contributed by atoms with Crippen molar-refractivity contribution in [1.29, 1.82) is 0 Å². The van der Waals surface area contributed by atoms with E-state index in [1.54, 1.807) is 7.11 Å². The highest BCUT2D eigenvalue weighted by Gasteiger charge is 2.26. The summed E-state index contributed by atoms with van der Waals surface area (Å²) in [5.41, 5.74) is 10.1. The summed E-state index contributed by atoms with van der Waals surface area (Å²) in [7, 11) is 1.64. The van der Waals surface area contributed by atoms with Gasteiger partial charge in [0.15, 0.2) is 6.61 Å². The number of methoxy groups -OCH3 is 1. The van der Waals surface area contributed by atoms with Crippen LogP contribution in [0.2, 0.25) is 0 Å². The Morgan fingerprint density at radius 1 is 1.10 bits per heavy atom. The Labute approximate surface area is 174 Å². The number of carbonyl (C=O) groups excluding carboxylic acids is 2. The largest absolute Gasteiger partial charge is 0.497 e. The number of para-hydroxylation sites is 1. The molecule has 0 aliphatic heterocycles. The maximum Gasteiger partial charge on any atom is 0.339 e. The Morgan fingerprint density at radius 2 is 1.87 bits per heavy atom. The summed E-state index contributed by atoms with van der Waals surface area (Å²) in [5.74, 6) is -0.435. The number of amides is 1. The van der Waals surface area contributed by atoms with Crippen molar-refractivity contribution in [3.05, 3.63) is 70.9 Å². The lowest BCUT2D eigenvalue weighted by molar-refractivity contribution is -0.121. The third kappa shape index (κ3) is 3.89. The van der Waals surface area contributed by atoms with Crippen LogP contribution < -0.4 is 10.5 Å². The van der Waals surface area contributed by atoms with Crippen LogP contribution in [0.25, 0.3) is 22.6 Å². The van der Waals surface area contributed by atoms with Gasteiger partial charge in [-0.15, -0.1) is 0 Å². The molecule has 1 heterocycles. The lowest BCUT2D eigenvalue weighted by Gasteiger charge is -2.22. The molecule has 0 saturated carbocycles. The lowest BCUT2D eigenvalue weighted by Crippen LogP contribution is -2.22. The summed E-state index contributed by atoms with van der Waals surface area (Å²) in [6.45, 7) is -0.446. The number of nitrogens with two attached hydrogens (primary N) is 1. The van der Waals surface area contributed by atoms with E-state index in [9.17, 15) is 9.59 Å². The van der Waals surface area contributed by atoms with Crippen LogP contribution in [-0.4, -0.2) is 30.6 Å². The maximum absolute atomic E-state index is 12.9. The zero-order chi connectivity index (χ0) is 21.1. The molecule has 0 unspecified atom stereocenters. The minimum atomic E-state index is -0.685. The summed E-state index contributed by atoms with van der Waals surface area (Å²) in [5, 5.41) is 0.719. The number of hydrogen-bond donors (Lipinski definition) is 1. The number of benzene rings is 2. The first-order chi connectivity index (χ1) is 14.6. The van der Waals surface area contributed by atoms with Gasteiger partial charge in [-0.05, 0) is 60.2 Å². The van der Waals surface area contributed by atoms with Crippen molar-refractivity contribution in [2.24, 2.45) is 5.73 Å². The molecule has 1 aliphatic carbocycles. The van der Waals surface area contributed by atoms with Crippen molar-refractivity contribution < 1.29 is 19.1 Å². The van der Waals surface area contributed by atoms with Gasteiger partial charge < -0.3 is 15.2 Å². The number of ether oxygens (including phenoxy) is 2. The molecule has 1 amide bonds. The van der Waals surface area contributed by atoms with Crippen molar-refractivity contribution in [1.82, 2.24) is 4.98 Å². The molecule has 4 rings (SSSR count). The minimum absolute atomic E-state index is 0.446. The van der Waals surface area contributed by atoms with E-state index in [4.69, 9.17) is 20.2 Å². The van der Waals surface area contributed by atoms with E-state index in [0.29, 0.717) is 17.5 Å². The van der Waals surface area contributed by atoms with E-state index in [2.05, 4.69) is 6.08 Å². The second-order valence-electron chi connectivity index (χ2n) is 7.17. The molecule has 0 radical (unpaired) electrons. The van der Waals surface area contributed by atoms with Crippen LogP contribution in [0.4, 0.5) is 0 Å². The number of pyridine rings is 1. The number of rotatable bonds is 5. The number of nitrogens with zero attached hydrogens (tertiary/aromatic N) is 1. The highest BCUT2D eigenvalue weighted by Crippen LogP contribution is 2.36. The van der Waals surface area contributed by atoms with Crippen LogP contribution in [0.3, 0.4) is 0 Å². The van der Waals surface area contributed by atoms with Gasteiger partial charge in [0.25, 0.3) is 5.91 Å². The number of fused-ring (bicyclic) bond motifs is 2. The van der Waals surface area contributed by atoms with Crippen LogP contribution in [0.1, 0.15) is 40.0 Å². The Bertz CT molecular complexity index is 1150. The van der Waals surface area contributed by atoms with Gasteiger partial charge in [0.2, 0.25) is 0 Å². The molecular formula is C24H22N2O4. The molecule has 6 heteroatoms. The maximum atomic E-state index is 12.9. The fraction of sp³-hybridized carbons (Fsp3) is 0.208. The average molecular weight is 402 g/mol. The molecule has 2 N–H and O–H groups in total. The summed E-state index contributed by atoms with van der Waals surface area (Å²) >= 11 is 0. The van der Waals surface area contributed by atoms with Gasteiger partial charge in [-0.1, -0.05) is 30.3 Å². The quantitative estimate of drug-likeness (QED) is 0.656. The highest BCUT2D eigenvalue weighted by molar-refractivity contribution is 6.07. The third-order valence-corrected chi connectivity index (χ3v) is 5.18. The molecule has 0 fully saturated rings. The number of aromatic nitrogens is 1. The molecule has 2 aromatic carbocycles. The van der Waals surface area contributed by atoms with Gasteiger partial charge in [0.1, 0.15) is 5.75 Å². The zero-order valence-corrected chi connectivity index (χ0v) is 16.7. The standard InChI is InChI=1S/C24H22N2O4/c1-29-17-11-9-15(10-12-17)13-16-5-4-7-19-22(24(28)30-14-21(25)27)18-6-2-3-8-20(18)26-23(16)19/h2-3,6,8-13H,4-5,7,14H2,1H3,(H2,25,27)/b16-13+. The predicted octanol–water partition coefficient (Wildman–Crippen LogP) is 3.76. The van der Waals surface area contributed by atoms with E-state index in [0.717, 1.165) is 46.4 Å². The van der Waals surface area contributed by atoms with Gasteiger partial charge in [-0.25, -0.2) is 9.78 Å². The molecule has 0 spiro atoms. The number of carbonyl (C=O) groups is 2. The van der Waals surface area contributed by atoms with Crippen molar-refractivity contribution in [3.63, 3.8) is 0 Å². The van der Waals surface area contributed by atoms with Crippen LogP contribution in [0, 0.1) is 0 Å². The van der Waals surface area contributed by atoms with Gasteiger partial charge in [-0.2, -0.15) is 0 Å². The molecule has 152 valence electrons. The minimum Gasteiger partial charge on any atom is -0.497 e. The molecule has 3 aromatic rings. The summed E-state index contributed by atoms with van der Waals surface area (Å²) in [6.07, 6.45) is 4.57. The monoisotopic (exact) mass is 402 g/mol. The SMILES string of the molecule is COc1ccc(/C=C2\CCCc3c2nc2ccccc2c3C(=O)OCC(N)=O)cc1. The second-order valence-corrected chi connectivity index (χ2v) is 7.17. The van der Waals surface area contributed by atoms with Crippen LogP contribution >= 0.6 is 0 Å². The lowest BCUT2D eigenvalue weighted by atomic mass is 9.86. The number of esters is 1. The fourth-order valence-electron chi connectivity index (χ4n) is 3.82. The Morgan fingerprint density at radius 3 is 2.60 bits per heavy atom. The Balaban J connectivity index is 1.84. The zero-order valence-electron chi connectivity index (χ0n) is 16.7. The van der Waals surface area contributed by atoms with E-state index < -0.39 is 18.5 Å². The second kappa shape index (κ2) is 8.37. The average Bonchev–Trinajstić information content (AvgIpc) is 2.76. The van der Waals surface area contributed by atoms with E-state index in [1.807, 2.05) is 48.5 Å². The predicted molar refractivity (Wildman–Crippen MR) is 115 cm³/mol. The van der Waals surface area contributed by atoms with Crippen LogP contribution in [0.15, 0.2) is 48.5 Å². The smallest absolute Gasteiger partial charge is 0.339 e. The van der Waals surface area contributed by atoms with Crippen molar-refractivity contribution in [3.8, 4) is 5.75 Å². The number of primary amides is 1. The van der Waals surface area contributed by atoms with E-state index in [1.165, 1.54) is 0 Å². The first-order valence-electron chi connectivity index (χ1n) is 9.79. The number of hydrogen-bond acceptors (Lipinski definition) is 5. The molecular weight excluding hydrogens is 380 g/mol. The molecule has 0 bridgehead atoms. The van der Waals surface area contributed by atoms with E-state index >= 15 is 0 Å². The first-order valence-corrected chi connectivity index (χ1v) is 9.79. The third-order valence-electron chi connectivity index (χ3n) is 5.18. The van der Waals surface area contributed by atoms with Crippen LogP contribution in [-0.2, 0) is 16.0 Å². The van der Waals surface area contributed by atoms with Gasteiger partial charge in [-0.3, -0.25) is 4.79 Å².